The molecule has 70 valence electrons. The number of hydrogen-bond acceptors (Lipinski definition) is 2. The highest BCUT2D eigenvalue weighted by Gasteiger charge is 2.51. The third kappa shape index (κ3) is 2.10. The Morgan fingerprint density at radius 3 is 2.25 bits per heavy atom. The zero-order valence-electron chi connectivity index (χ0n) is 6.15. The van der Waals surface area contributed by atoms with Crippen LogP contribution in [0.25, 0.3) is 0 Å². The van der Waals surface area contributed by atoms with Crippen LogP contribution >= 0.6 is 0 Å². The van der Waals surface area contributed by atoms with Crippen molar-refractivity contribution >= 4 is 5.91 Å². The number of primary amides is 1. The normalized spacial score (nSPS) is 20.6. The van der Waals surface area contributed by atoms with Crippen molar-refractivity contribution < 1.29 is 22.7 Å². The predicted molar refractivity (Wildman–Crippen MR) is 32.9 cm³/mol. The number of ether oxygens (including phenoxy) is 1. The molecule has 0 unspecified atom stereocenters. The van der Waals surface area contributed by atoms with E-state index < -0.39 is 24.3 Å². The van der Waals surface area contributed by atoms with Gasteiger partial charge in [-0.15, -0.1) is 13.2 Å². The zero-order chi connectivity index (χ0) is 9.41. The van der Waals surface area contributed by atoms with E-state index in [-0.39, 0.29) is 0 Å². The van der Waals surface area contributed by atoms with Crippen molar-refractivity contribution in [2.24, 2.45) is 11.1 Å². The fourth-order valence-electron chi connectivity index (χ4n) is 0.833. The van der Waals surface area contributed by atoms with Gasteiger partial charge in [0.25, 0.3) is 0 Å². The Kier molecular flexibility index (Phi) is 2.03. The molecule has 0 bridgehead atoms. The van der Waals surface area contributed by atoms with Gasteiger partial charge in [0.05, 0.1) is 12.0 Å². The molecule has 1 fully saturated rings. The number of rotatable bonds is 3. The first-order chi connectivity index (χ1) is 5.36. The van der Waals surface area contributed by atoms with Crippen molar-refractivity contribution in [2.75, 3.05) is 6.61 Å². The molecule has 3 nitrogen and oxygen atoms in total. The molecule has 6 heteroatoms. The summed E-state index contributed by atoms with van der Waals surface area (Å²) >= 11 is 0. The van der Waals surface area contributed by atoms with Gasteiger partial charge in [0.2, 0.25) is 5.91 Å². The van der Waals surface area contributed by atoms with Crippen LogP contribution in [0.15, 0.2) is 0 Å². The molecule has 0 aromatic rings. The molecule has 1 amide bonds. The molecule has 1 rings (SSSR count). The van der Waals surface area contributed by atoms with Gasteiger partial charge in [-0.25, -0.2) is 0 Å². The van der Waals surface area contributed by atoms with E-state index in [2.05, 4.69) is 4.74 Å². The average Bonchev–Trinajstić information content (AvgIpc) is 2.61. The van der Waals surface area contributed by atoms with Gasteiger partial charge in [0.1, 0.15) is 0 Å². The SMILES string of the molecule is NC(=O)C1(COC(F)(F)F)CC1. The molecule has 1 aliphatic rings. The van der Waals surface area contributed by atoms with Crippen molar-refractivity contribution in [3.63, 3.8) is 0 Å². The Morgan fingerprint density at radius 1 is 1.50 bits per heavy atom. The fourth-order valence-corrected chi connectivity index (χ4v) is 0.833. The molecular weight excluding hydrogens is 175 g/mol. The van der Waals surface area contributed by atoms with Gasteiger partial charge in [0.15, 0.2) is 0 Å². The number of carbonyl (C=O) groups excluding carboxylic acids is 1. The second kappa shape index (κ2) is 2.62. The number of carbonyl (C=O) groups is 1. The fraction of sp³-hybridized carbons (Fsp3) is 0.833. The molecule has 0 aromatic carbocycles. The van der Waals surface area contributed by atoms with Crippen molar-refractivity contribution in [3.8, 4) is 0 Å². The largest absolute Gasteiger partial charge is 0.522 e. The summed E-state index contributed by atoms with van der Waals surface area (Å²) in [5.41, 5.74) is 3.83. The second-order valence-electron chi connectivity index (χ2n) is 2.88. The van der Waals surface area contributed by atoms with Gasteiger partial charge in [-0.3, -0.25) is 9.53 Å². The van der Waals surface area contributed by atoms with Crippen LogP contribution in [0.4, 0.5) is 13.2 Å². The summed E-state index contributed by atoms with van der Waals surface area (Å²) in [6.45, 7) is -0.647. The average molecular weight is 183 g/mol. The molecule has 0 radical (unpaired) electrons. The first-order valence-electron chi connectivity index (χ1n) is 3.36. The quantitative estimate of drug-likeness (QED) is 0.703. The van der Waals surface area contributed by atoms with E-state index in [9.17, 15) is 18.0 Å². The van der Waals surface area contributed by atoms with Gasteiger partial charge < -0.3 is 5.73 Å². The van der Waals surface area contributed by atoms with Crippen LogP contribution in [0, 0.1) is 5.41 Å². The highest BCUT2D eigenvalue weighted by atomic mass is 19.4. The Balaban J connectivity index is 2.37. The van der Waals surface area contributed by atoms with Crippen LogP contribution in [-0.4, -0.2) is 18.9 Å². The Labute approximate surface area is 66.7 Å². The van der Waals surface area contributed by atoms with Crippen LogP contribution in [-0.2, 0) is 9.53 Å². The van der Waals surface area contributed by atoms with E-state index in [0.717, 1.165) is 0 Å². The lowest BCUT2D eigenvalue weighted by molar-refractivity contribution is -0.328. The second-order valence-corrected chi connectivity index (χ2v) is 2.88. The van der Waals surface area contributed by atoms with E-state index in [1.807, 2.05) is 0 Å². The van der Waals surface area contributed by atoms with Gasteiger partial charge in [-0.1, -0.05) is 0 Å². The third-order valence-electron chi connectivity index (χ3n) is 1.89. The molecule has 2 N–H and O–H groups in total. The maximum atomic E-state index is 11.5. The summed E-state index contributed by atoms with van der Waals surface area (Å²) in [5, 5.41) is 0. The topological polar surface area (TPSA) is 52.3 Å². The molecule has 1 saturated carbocycles. The van der Waals surface area contributed by atoms with E-state index in [4.69, 9.17) is 5.73 Å². The smallest absolute Gasteiger partial charge is 0.369 e. The lowest BCUT2D eigenvalue weighted by Crippen LogP contribution is -2.31. The van der Waals surface area contributed by atoms with Crippen LogP contribution in [0.3, 0.4) is 0 Å². The summed E-state index contributed by atoms with van der Waals surface area (Å²) < 4.78 is 38.0. The standard InChI is InChI=1S/C6H8F3NO2/c7-6(8,9)12-3-5(1-2-5)4(10)11/h1-3H2,(H2,10,11). The lowest BCUT2D eigenvalue weighted by atomic mass is 10.1. The maximum Gasteiger partial charge on any atom is 0.522 e. The van der Waals surface area contributed by atoms with Crippen molar-refractivity contribution in [2.45, 2.75) is 19.2 Å². The van der Waals surface area contributed by atoms with Gasteiger partial charge in [-0.2, -0.15) is 0 Å². The van der Waals surface area contributed by atoms with Crippen molar-refractivity contribution in [3.05, 3.63) is 0 Å². The zero-order valence-corrected chi connectivity index (χ0v) is 6.15. The molecule has 0 heterocycles. The minimum atomic E-state index is -4.68. The number of amides is 1. The summed E-state index contributed by atoms with van der Waals surface area (Å²) in [6.07, 6.45) is -3.90. The first kappa shape index (κ1) is 9.31. The Bertz CT molecular complexity index is 197. The minimum absolute atomic E-state index is 0.387. The molecule has 1 aliphatic carbocycles. The predicted octanol–water partition coefficient (Wildman–Crippen LogP) is 0.788. The van der Waals surface area contributed by atoms with Crippen molar-refractivity contribution in [1.29, 1.82) is 0 Å². The monoisotopic (exact) mass is 183 g/mol. The van der Waals surface area contributed by atoms with Crippen LogP contribution < -0.4 is 5.73 Å². The minimum Gasteiger partial charge on any atom is -0.369 e. The molecule has 0 aromatic heterocycles. The molecule has 12 heavy (non-hydrogen) atoms. The number of nitrogens with two attached hydrogens (primary N) is 1. The maximum absolute atomic E-state index is 11.5. The van der Waals surface area contributed by atoms with Gasteiger partial charge >= 0.3 is 6.36 Å². The molecule has 0 saturated heterocycles. The number of alkyl halides is 3. The first-order valence-corrected chi connectivity index (χ1v) is 3.36. The van der Waals surface area contributed by atoms with Gasteiger partial charge in [-0.05, 0) is 12.8 Å². The number of halogens is 3. The summed E-state index contributed by atoms with van der Waals surface area (Å²) in [7, 11) is 0. The highest BCUT2D eigenvalue weighted by Crippen LogP contribution is 2.46. The molecule has 0 aliphatic heterocycles. The summed E-state index contributed by atoms with van der Waals surface area (Å²) in [5.74, 6) is -0.716. The molecular formula is C6H8F3NO2. The van der Waals surface area contributed by atoms with Gasteiger partial charge in [0, 0.05) is 0 Å². The summed E-state index contributed by atoms with van der Waals surface area (Å²) in [6, 6.07) is 0. The third-order valence-corrected chi connectivity index (χ3v) is 1.89. The Hall–Kier alpha value is -0.780. The highest BCUT2D eigenvalue weighted by molar-refractivity contribution is 5.83. The van der Waals surface area contributed by atoms with Crippen molar-refractivity contribution in [1.82, 2.24) is 0 Å². The van der Waals surface area contributed by atoms with Crippen LogP contribution in [0.2, 0.25) is 0 Å². The molecule has 0 atom stereocenters. The van der Waals surface area contributed by atoms with E-state index >= 15 is 0 Å². The molecule has 0 spiro atoms. The van der Waals surface area contributed by atoms with E-state index in [0.29, 0.717) is 12.8 Å². The van der Waals surface area contributed by atoms with Crippen LogP contribution in [0.5, 0.6) is 0 Å². The van der Waals surface area contributed by atoms with Crippen LogP contribution in [0.1, 0.15) is 12.8 Å². The van der Waals surface area contributed by atoms with E-state index in [1.54, 1.807) is 0 Å². The number of hydrogen-bond donors (Lipinski definition) is 1. The van der Waals surface area contributed by atoms with E-state index in [1.165, 1.54) is 0 Å². The summed E-state index contributed by atoms with van der Waals surface area (Å²) in [4.78, 5) is 10.6. The Morgan fingerprint density at radius 2 is 2.00 bits per heavy atom. The lowest BCUT2D eigenvalue weighted by Gasteiger charge is -2.12.